The number of hydrogen-bond donors (Lipinski definition) is 1. The van der Waals surface area contributed by atoms with Gasteiger partial charge in [-0.25, -0.2) is 4.68 Å². The zero-order valence-corrected chi connectivity index (χ0v) is 23.1. The van der Waals surface area contributed by atoms with E-state index in [-0.39, 0.29) is 17.7 Å². The average Bonchev–Trinajstić information content (AvgIpc) is 3.77. The van der Waals surface area contributed by atoms with Gasteiger partial charge in [0.05, 0.1) is 26.4 Å². The predicted octanol–water partition coefficient (Wildman–Crippen LogP) is 4.42. The van der Waals surface area contributed by atoms with Gasteiger partial charge in [-0.05, 0) is 78.1 Å². The van der Waals surface area contributed by atoms with Gasteiger partial charge in [0.1, 0.15) is 17.5 Å². The molecule has 1 saturated carbocycles. The fourth-order valence-electron chi connectivity index (χ4n) is 6.10. The summed E-state index contributed by atoms with van der Waals surface area (Å²) in [6, 6.07) is 15.4. The fourth-order valence-corrected chi connectivity index (χ4v) is 6.10. The molecule has 2 aliphatic rings. The number of nitrogens with one attached hydrogen (secondary N) is 1. The number of ether oxygens (including phenoxy) is 3. The summed E-state index contributed by atoms with van der Waals surface area (Å²) in [5, 5.41) is 14.1. The normalized spacial score (nSPS) is 18.5. The number of nitrogens with zero attached hydrogens (tertiary/aromatic N) is 5. The number of pyridine rings is 1. The van der Waals surface area contributed by atoms with Crippen molar-refractivity contribution >= 4 is 10.9 Å². The van der Waals surface area contributed by atoms with Gasteiger partial charge in [0.15, 0.2) is 5.82 Å². The van der Waals surface area contributed by atoms with Crippen LogP contribution in [0, 0.1) is 0 Å². The fraction of sp³-hybridized carbons (Fsp3) is 0.467. The summed E-state index contributed by atoms with van der Waals surface area (Å²) in [7, 11) is 3.31. The van der Waals surface area contributed by atoms with Crippen molar-refractivity contribution in [3.63, 3.8) is 0 Å². The molecule has 2 aromatic carbocycles. The zero-order chi connectivity index (χ0) is 27.5. The highest BCUT2D eigenvalue weighted by Crippen LogP contribution is 2.35. The van der Waals surface area contributed by atoms with E-state index in [0.29, 0.717) is 24.5 Å². The monoisotopic (exact) mass is 544 g/mol. The standard InChI is InChI=1S/C30H36N6O4/c1-38-23-11-9-20(10-12-23)18-35(19-25-8-5-15-40-25)28(29-32-33-34-36(29)22-6-3-4-7-22)26-17-21-16-24(39-2)13-14-27(21)31-30(26)37/h9-14,16-17,22,25,28H,3-8,15,18-19H2,1-2H3,(H,31,37)/t25-,28+/m0/s1. The lowest BCUT2D eigenvalue weighted by molar-refractivity contribution is 0.0569. The summed E-state index contributed by atoms with van der Waals surface area (Å²) >= 11 is 0. The maximum absolute atomic E-state index is 13.8. The highest BCUT2D eigenvalue weighted by atomic mass is 16.5. The van der Waals surface area contributed by atoms with Crippen LogP contribution in [0.4, 0.5) is 0 Å². The molecule has 10 nitrogen and oxygen atoms in total. The van der Waals surface area contributed by atoms with Gasteiger partial charge in [-0.1, -0.05) is 25.0 Å². The van der Waals surface area contributed by atoms with Crippen LogP contribution in [-0.2, 0) is 11.3 Å². The van der Waals surface area contributed by atoms with E-state index in [1.165, 1.54) is 0 Å². The Bertz CT molecular complexity index is 1490. The molecule has 2 aromatic heterocycles. The maximum Gasteiger partial charge on any atom is 0.253 e. The topological polar surface area (TPSA) is 107 Å². The van der Waals surface area contributed by atoms with Crippen molar-refractivity contribution in [3.05, 3.63) is 75.8 Å². The molecular formula is C30H36N6O4. The van der Waals surface area contributed by atoms with E-state index in [1.54, 1.807) is 14.2 Å². The van der Waals surface area contributed by atoms with Crippen LogP contribution in [0.3, 0.4) is 0 Å². The van der Waals surface area contributed by atoms with Gasteiger partial charge in [-0.2, -0.15) is 0 Å². The number of fused-ring (bicyclic) bond motifs is 1. The van der Waals surface area contributed by atoms with E-state index >= 15 is 0 Å². The summed E-state index contributed by atoms with van der Waals surface area (Å²) < 4.78 is 18.9. The Morgan fingerprint density at radius 2 is 1.80 bits per heavy atom. The molecule has 0 bridgehead atoms. The minimum Gasteiger partial charge on any atom is -0.497 e. The largest absolute Gasteiger partial charge is 0.497 e. The molecule has 1 aliphatic heterocycles. The first-order valence-electron chi connectivity index (χ1n) is 14.1. The van der Waals surface area contributed by atoms with Crippen molar-refractivity contribution in [2.24, 2.45) is 0 Å². The number of hydrogen-bond acceptors (Lipinski definition) is 8. The Kier molecular flexibility index (Phi) is 7.79. The van der Waals surface area contributed by atoms with Crippen LogP contribution < -0.4 is 15.0 Å². The third-order valence-electron chi connectivity index (χ3n) is 8.18. The Morgan fingerprint density at radius 1 is 1.02 bits per heavy atom. The van der Waals surface area contributed by atoms with E-state index in [9.17, 15) is 4.79 Å². The molecule has 0 unspecified atom stereocenters. The predicted molar refractivity (Wildman–Crippen MR) is 151 cm³/mol. The molecule has 4 aromatic rings. The van der Waals surface area contributed by atoms with Crippen LogP contribution in [-0.4, -0.2) is 63.6 Å². The SMILES string of the molecule is COc1ccc(CN(C[C@@H]2CCCO2)[C@H](c2cc3cc(OC)ccc3[nH]c2=O)c2nnnn2C2CCCC2)cc1. The first-order chi connectivity index (χ1) is 19.6. The van der Waals surface area contributed by atoms with Crippen molar-refractivity contribution in [2.45, 2.75) is 63.3 Å². The number of methoxy groups -OCH3 is 2. The molecular weight excluding hydrogens is 508 g/mol. The van der Waals surface area contributed by atoms with Crippen molar-refractivity contribution in [1.82, 2.24) is 30.1 Å². The Morgan fingerprint density at radius 3 is 2.52 bits per heavy atom. The van der Waals surface area contributed by atoms with Crippen LogP contribution in [0.1, 0.15) is 67.6 Å². The van der Waals surface area contributed by atoms with Gasteiger partial charge in [0.25, 0.3) is 5.56 Å². The minimum atomic E-state index is -0.485. The molecule has 2 fully saturated rings. The molecule has 6 rings (SSSR count). The van der Waals surface area contributed by atoms with Crippen molar-refractivity contribution in [2.75, 3.05) is 27.4 Å². The molecule has 210 valence electrons. The lowest BCUT2D eigenvalue weighted by atomic mass is 10.0. The van der Waals surface area contributed by atoms with Gasteiger partial charge in [0.2, 0.25) is 0 Å². The van der Waals surface area contributed by atoms with Gasteiger partial charge in [-0.15, -0.1) is 5.10 Å². The first-order valence-corrected chi connectivity index (χ1v) is 14.1. The molecule has 10 heteroatoms. The molecule has 3 heterocycles. The second kappa shape index (κ2) is 11.8. The van der Waals surface area contributed by atoms with Gasteiger partial charge in [-0.3, -0.25) is 9.69 Å². The number of benzene rings is 2. The number of H-pyrrole nitrogens is 1. The van der Waals surface area contributed by atoms with E-state index in [1.807, 2.05) is 41.1 Å². The molecule has 40 heavy (non-hydrogen) atoms. The quantitative estimate of drug-likeness (QED) is 0.313. The molecule has 0 radical (unpaired) electrons. The lowest BCUT2D eigenvalue weighted by Gasteiger charge is -2.33. The third kappa shape index (κ3) is 5.46. The second-order valence-corrected chi connectivity index (χ2v) is 10.7. The molecule has 0 amide bonds. The van der Waals surface area contributed by atoms with Crippen LogP contribution in [0.5, 0.6) is 11.5 Å². The van der Waals surface area contributed by atoms with E-state index in [4.69, 9.17) is 14.2 Å². The summed E-state index contributed by atoms with van der Waals surface area (Å²) in [6.07, 6.45) is 6.43. The Balaban J connectivity index is 1.49. The number of aromatic nitrogens is 5. The van der Waals surface area contributed by atoms with E-state index < -0.39 is 6.04 Å². The van der Waals surface area contributed by atoms with Crippen LogP contribution in [0.2, 0.25) is 0 Å². The Hall–Kier alpha value is -3.76. The second-order valence-electron chi connectivity index (χ2n) is 10.7. The molecule has 1 saturated heterocycles. The summed E-state index contributed by atoms with van der Waals surface area (Å²) in [4.78, 5) is 19.2. The average molecular weight is 545 g/mol. The van der Waals surface area contributed by atoms with Gasteiger partial charge < -0.3 is 19.2 Å². The maximum atomic E-state index is 13.8. The van der Waals surface area contributed by atoms with E-state index in [0.717, 1.165) is 73.1 Å². The molecule has 1 aliphatic carbocycles. The minimum absolute atomic E-state index is 0.0659. The first kappa shape index (κ1) is 26.5. The molecule has 2 atom stereocenters. The summed E-state index contributed by atoms with van der Waals surface area (Å²) in [6.45, 7) is 1.98. The molecule has 1 N–H and O–H groups in total. The van der Waals surface area contributed by atoms with Crippen LogP contribution >= 0.6 is 0 Å². The highest BCUT2D eigenvalue weighted by molar-refractivity contribution is 5.80. The summed E-state index contributed by atoms with van der Waals surface area (Å²) in [5.41, 5.74) is 2.30. The third-order valence-corrected chi connectivity index (χ3v) is 8.18. The van der Waals surface area contributed by atoms with Gasteiger partial charge in [0, 0.05) is 36.2 Å². The highest BCUT2D eigenvalue weighted by Gasteiger charge is 2.35. The van der Waals surface area contributed by atoms with Crippen molar-refractivity contribution in [1.29, 1.82) is 0 Å². The van der Waals surface area contributed by atoms with Crippen LogP contribution in [0.25, 0.3) is 10.9 Å². The van der Waals surface area contributed by atoms with Gasteiger partial charge >= 0.3 is 0 Å². The molecule has 0 spiro atoms. The lowest BCUT2D eigenvalue weighted by Crippen LogP contribution is -2.39. The number of tetrazole rings is 1. The van der Waals surface area contributed by atoms with Crippen LogP contribution in [0.15, 0.2) is 53.3 Å². The summed E-state index contributed by atoms with van der Waals surface area (Å²) in [5.74, 6) is 2.22. The van der Waals surface area contributed by atoms with E-state index in [2.05, 4.69) is 37.5 Å². The smallest absolute Gasteiger partial charge is 0.253 e. The number of rotatable bonds is 10. The van der Waals surface area contributed by atoms with Crippen molar-refractivity contribution < 1.29 is 14.2 Å². The Labute approximate surface area is 233 Å². The number of aromatic amines is 1. The van der Waals surface area contributed by atoms with Crippen molar-refractivity contribution in [3.8, 4) is 11.5 Å². The zero-order valence-electron chi connectivity index (χ0n) is 23.1.